The average molecular weight is 1140 g/mol. The molecule has 0 aliphatic rings. The van der Waals surface area contributed by atoms with Gasteiger partial charge in [-0.05, 0) is 135 Å². The number of esters is 3. The summed E-state index contributed by atoms with van der Waals surface area (Å²) < 4.78 is 16.9. The minimum atomic E-state index is -0.816. The Balaban J connectivity index is 4.43. The van der Waals surface area contributed by atoms with E-state index in [1.54, 1.807) is 0 Å². The van der Waals surface area contributed by atoms with Crippen LogP contribution in [0.25, 0.3) is 0 Å². The molecule has 0 saturated carbocycles. The lowest BCUT2D eigenvalue weighted by molar-refractivity contribution is -0.167. The van der Waals surface area contributed by atoms with Gasteiger partial charge < -0.3 is 14.2 Å². The molecule has 0 aliphatic carbocycles. The maximum atomic E-state index is 12.9. The first-order chi connectivity index (χ1) is 41.0. The fraction of sp³-hybridized carbons (Fsp3) is 0.597. The van der Waals surface area contributed by atoms with Crippen molar-refractivity contribution in [1.29, 1.82) is 0 Å². The summed E-state index contributed by atoms with van der Waals surface area (Å²) in [5, 5.41) is 0. The smallest absolute Gasteiger partial charge is 0.306 e. The molecular weight excluding hydrogens is 1020 g/mol. The normalized spacial score (nSPS) is 13.2. The van der Waals surface area contributed by atoms with Crippen LogP contribution in [-0.4, -0.2) is 37.2 Å². The fourth-order valence-electron chi connectivity index (χ4n) is 8.76. The zero-order valence-electron chi connectivity index (χ0n) is 53.4. The van der Waals surface area contributed by atoms with Crippen LogP contribution in [0.5, 0.6) is 0 Å². The highest BCUT2D eigenvalue weighted by atomic mass is 16.6. The van der Waals surface area contributed by atoms with Crippen molar-refractivity contribution < 1.29 is 28.6 Å². The summed E-state index contributed by atoms with van der Waals surface area (Å²) in [5.41, 5.74) is 0. The van der Waals surface area contributed by atoms with E-state index in [4.69, 9.17) is 14.2 Å². The highest BCUT2D eigenvalue weighted by molar-refractivity contribution is 5.71. The van der Waals surface area contributed by atoms with Crippen molar-refractivity contribution in [3.8, 4) is 0 Å². The largest absolute Gasteiger partial charge is 0.462 e. The third kappa shape index (κ3) is 67.4. The Bertz CT molecular complexity index is 1890. The molecule has 0 amide bonds. The lowest BCUT2D eigenvalue weighted by Crippen LogP contribution is -2.30. The molecular formula is C77H122O6. The highest BCUT2D eigenvalue weighted by Crippen LogP contribution is 2.15. The lowest BCUT2D eigenvalue weighted by atomic mass is 10.0. The summed E-state index contributed by atoms with van der Waals surface area (Å²) in [6.07, 6.45) is 102. The number of carbonyl (C=O) groups is 3. The van der Waals surface area contributed by atoms with Gasteiger partial charge >= 0.3 is 17.9 Å². The van der Waals surface area contributed by atoms with Gasteiger partial charge in [-0.25, -0.2) is 0 Å². The van der Waals surface area contributed by atoms with Crippen LogP contribution in [0.3, 0.4) is 0 Å². The summed E-state index contributed by atoms with van der Waals surface area (Å²) >= 11 is 0. The van der Waals surface area contributed by atoms with E-state index in [9.17, 15) is 14.4 Å². The molecule has 0 spiro atoms. The van der Waals surface area contributed by atoms with E-state index in [0.29, 0.717) is 19.3 Å². The molecule has 0 fully saturated rings. The van der Waals surface area contributed by atoms with Crippen LogP contribution >= 0.6 is 0 Å². The number of rotatable bonds is 59. The van der Waals surface area contributed by atoms with Crippen LogP contribution in [0.15, 0.2) is 170 Å². The van der Waals surface area contributed by atoms with Crippen LogP contribution in [0.2, 0.25) is 0 Å². The maximum Gasteiger partial charge on any atom is 0.306 e. The standard InChI is InChI=1S/C77H122O6/c1-4-7-10-13-16-19-22-25-27-29-31-33-34-35-36-37-38-39-40-41-42-44-45-47-49-52-55-58-61-64-67-70-76(79)82-73-74(72-81-75(78)69-66-63-60-57-54-51-24-21-18-15-12-9-6-3)83-77(80)71-68-65-62-59-56-53-50-48-46-43-32-30-28-26-23-20-17-14-11-8-5-2/h7-8,10-11,16-17,19-20,25-28,31-33,35-36,38-39,41-43,45,47-48,50,56,59,74H,4-6,9,12-15,18,21-24,29-30,34,37,40,44,46,49,51-55,57-58,60-73H2,1-3H3/b10-7-,11-8-,19-16-,20-17-,27-25-,28-26-,33-31-,36-35-,39-38-,42-41-,43-32-,47-45-,50-48-,59-56-. The first-order valence-electron chi connectivity index (χ1n) is 33.6. The van der Waals surface area contributed by atoms with Crippen LogP contribution < -0.4 is 0 Å². The van der Waals surface area contributed by atoms with Crippen molar-refractivity contribution in [2.75, 3.05) is 13.2 Å². The van der Waals surface area contributed by atoms with Crippen LogP contribution in [0.1, 0.15) is 278 Å². The second-order valence-electron chi connectivity index (χ2n) is 21.6. The van der Waals surface area contributed by atoms with E-state index >= 15 is 0 Å². The zero-order chi connectivity index (χ0) is 59.9. The quantitative estimate of drug-likeness (QED) is 0.0261. The highest BCUT2D eigenvalue weighted by Gasteiger charge is 2.19. The van der Waals surface area contributed by atoms with Crippen molar-refractivity contribution in [3.63, 3.8) is 0 Å². The topological polar surface area (TPSA) is 78.9 Å². The van der Waals surface area contributed by atoms with Gasteiger partial charge in [0.05, 0.1) is 0 Å². The van der Waals surface area contributed by atoms with Gasteiger partial charge in [0, 0.05) is 19.3 Å². The van der Waals surface area contributed by atoms with Gasteiger partial charge in [-0.15, -0.1) is 0 Å². The molecule has 0 aliphatic heterocycles. The third-order valence-corrected chi connectivity index (χ3v) is 13.7. The predicted molar refractivity (Wildman–Crippen MR) is 361 cm³/mol. The molecule has 0 radical (unpaired) electrons. The Morgan fingerprint density at radius 2 is 0.470 bits per heavy atom. The number of unbranched alkanes of at least 4 members (excludes halogenated alkanes) is 20. The second kappa shape index (κ2) is 69.3. The van der Waals surface area contributed by atoms with E-state index in [2.05, 4.69) is 191 Å². The first-order valence-corrected chi connectivity index (χ1v) is 33.6. The Hall–Kier alpha value is -5.23. The molecule has 6 nitrogen and oxygen atoms in total. The Morgan fingerprint density at radius 1 is 0.253 bits per heavy atom. The number of allylic oxidation sites excluding steroid dienone is 28. The fourth-order valence-corrected chi connectivity index (χ4v) is 8.76. The molecule has 0 heterocycles. The molecule has 0 aromatic rings. The van der Waals surface area contributed by atoms with E-state index in [-0.39, 0.29) is 37.5 Å². The molecule has 1 unspecified atom stereocenters. The molecule has 0 aromatic carbocycles. The minimum absolute atomic E-state index is 0.105. The molecule has 0 aromatic heterocycles. The van der Waals surface area contributed by atoms with Gasteiger partial charge in [0.25, 0.3) is 0 Å². The Morgan fingerprint density at radius 3 is 0.759 bits per heavy atom. The first kappa shape index (κ1) is 77.8. The molecule has 6 heteroatoms. The van der Waals surface area contributed by atoms with Crippen LogP contribution in [-0.2, 0) is 28.6 Å². The summed E-state index contributed by atoms with van der Waals surface area (Å²) in [4.78, 5) is 38.4. The van der Waals surface area contributed by atoms with E-state index in [1.807, 2.05) is 0 Å². The molecule has 0 saturated heterocycles. The van der Waals surface area contributed by atoms with Gasteiger partial charge in [-0.1, -0.05) is 294 Å². The second-order valence-corrected chi connectivity index (χ2v) is 21.6. The maximum absolute atomic E-state index is 12.9. The van der Waals surface area contributed by atoms with Gasteiger partial charge in [0.2, 0.25) is 0 Å². The van der Waals surface area contributed by atoms with Crippen molar-refractivity contribution in [3.05, 3.63) is 170 Å². The summed E-state index contributed by atoms with van der Waals surface area (Å²) in [6, 6.07) is 0. The van der Waals surface area contributed by atoms with E-state index in [0.717, 1.165) is 154 Å². The summed E-state index contributed by atoms with van der Waals surface area (Å²) in [7, 11) is 0. The lowest BCUT2D eigenvalue weighted by Gasteiger charge is -2.18. The monoisotopic (exact) mass is 1140 g/mol. The van der Waals surface area contributed by atoms with Gasteiger partial charge in [-0.3, -0.25) is 14.4 Å². The summed E-state index contributed by atoms with van der Waals surface area (Å²) in [5.74, 6) is -0.966. The predicted octanol–water partition coefficient (Wildman–Crippen LogP) is 23.4. The van der Waals surface area contributed by atoms with Gasteiger partial charge in [0.1, 0.15) is 13.2 Å². The zero-order valence-corrected chi connectivity index (χ0v) is 53.4. The van der Waals surface area contributed by atoms with Crippen LogP contribution in [0.4, 0.5) is 0 Å². The number of ether oxygens (including phenoxy) is 3. The van der Waals surface area contributed by atoms with Crippen molar-refractivity contribution in [2.45, 2.75) is 284 Å². The van der Waals surface area contributed by atoms with E-state index in [1.165, 1.54) is 77.0 Å². The van der Waals surface area contributed by atoms with Crippen molar-refractivity contribution in [1.82, 2.24) is 0 Å². The molecule has 0 N–H and O–H groups in total. The number of hydrogen-bond acceptors (Lipinski definition) is 6. The Kier molecular flexibility index (Phi) is 64.9. The Labute approximate surface area is 511 Å². The van der Waals surface area contributed by atoms with Gasteiger partial charge in [0.15, 0.2) is 6.10 Å². The van der Waals surface area contributed by atoms with Crippen molar-refractivity contribution >= 4 is 17.9 Å². The minimum Gasteiger partial charge on any atom is -0.462 e. The number of carbonyl (C=O) groups excluding carboxylic acids is 3. The molecule has 83 heavy (non-hydrogen) atoms. The SMILES string of the molecule is CC/C=C\C/C=C\C/C=C\C/C=C\C/C=C\C/C=C\C/C=C\C/C=C\CCCCCCCCC(=O)OCC(COC(=O)CCCCCCCCCCCCCCC)OC(=O)CCCC/C=C\C/C=C\C/C=C\C/C=C\C/C=C\C/C=C\CC. The van der Waals surface area contributed by atoms with E-state index < -0.39 is 6.10 Å². The molecule has 466 valence electrons. The average Bonchev–Trinajstić information content (AvgIpc) is 3.49. The van der Waals surface area contributed by atoms with Crippen LogP contribution in [0, 0.1) is 0 Å². The molecule has 1 atom stereocenters. The van der Waals surface area contributed by atoms with Crippen molar-refractivity contribution in [2.24, 2.45) is 0 Å². The third-order valence-electron chi connectivity index (χ3n) is 13.7. The molecule has 0 rings (SSSR count). The number of hydrogen-bond donors (Lipinski definition) is 0. The van der Waals surface area contributed by atoms with Gasteiger partial charge in [-0.2, -0.15) is 0 Å². The summed E-state index contributed by atoms with van der Waals surface area (Å²) in [6.45, 7) is 6.36. The molecule has 0 bridgehead atoms.